The molecule has 0 saturated heterocycles. The van der Waals surface area contributed by atoms with Crippen molar-refractivity contribution < 1.29 is 9.53 Å². The summed E-state index contributed by atoms with van der Waals surface area (Å²) < 4.78 is 4.64. The number of H-pyrrole nitrogens is 1. The van der Waals surface area contributed by atoms with Crippen molar-refractivity contribution in [3.05, 3.63) is 53.9 Å². The number of ether oxygens (including phenoxy) is 1. The highest BCUT2D eigenvalue weighted by Crippen LogP contribution is 2.26. The van der Waals surface area contributed by atoms with Crippen molar-refractivity contribution in [3.63, 3.8) is 0 Å². The van der Waals surface area contributed by atoms with Crippen LogP contribution in [0.4, 0.5) is 0 Å². The molecule has 0 atom stereocenters. The first kappa shape index (κ1) is 14.8. The molecule has 23 heavy (non-hydrogen) atoms. The number of aryl methyl sites for hydroxylation is 1. The Hall–Kier alpha value is -3.13. The Morgan fingerprint density at radius 3 is 2.91 bits per heavy atom. The smallest absolute Gasteiger partial charge is 0.305 e. The lowest BCUT2D eigenvalue weighted by Gasteiger charge is -2.03. The molecule has 0 aliphatic heterocycles. The summed E-state index contributed by atoms with van der Waals surface area (Å²) in [6.45, 7) is 0. The van der Waals surface area contributed by atoms with E-state index < -0.39 is 0 Å². The number of aromatic amines is 1. The second kappa shape index (κ2) is 6.32. The normalized spacial score (nSPS) is 10.4. The first-order chi connectivity index (χ1) is 11.2. The summed E-state index contributed by atoms with van der Waals surface area (Å²) in [4.78, 5) is 18.9. The lowest BCUT2D eigenvalue weighted by atomic mass is 10.0. The zero-order valence-corrected chi connectivity index (χ0v) is 12.7. The van der Waals surface area contributed by atoms with Gasteiger partial charge in [0.15, 0.2) is 0 Å². The fourth-order valence-corrected chi connectivity index (χ4v) is 2.50. The number of benzene rings is 2. The number of carbonyl (C=O) groups is 1. The first-order valence-corrected chi connectivity index (χ1v) is 7.26. The van der Waals surface area contributed by atoms with Crippen LogP contribution >= 0.6 is 0 Å². The number of hydrogen-bond donors (Lipinski definition) is 1. The highest BCUT2D eigenvalue weighted by atomic mass is 16.5. The fourth-order valence-electron chi connectivity index (χ4n) is 2.50. The van der Waals surface area contributed by atoms with Gasteiger partial charge in [0, 0.05) is 6.42 Å². The summed E-state index contributed by atoms with van der Waals surface area (Å²) >= 11 is 0. The largest absolute Gasteiger partial charge is 0.469 e. The molecule has 2 aromatic carbocycles. The van der Waals surface area contributed by atoms with E-state index in [4.69, 9.17) is 0 Å². The highest BCUT2D eigenvalue weighted by molar-refractivity contribution is 5.83. The van der Waals surface area contributed by atoms with Crippen LogP contribution in [0.2, 0.25) is 0 Å². The van der Waals surface area contributed by atoms with Gasteiger partial charge in [-0.05, 0) is 29.3 Å². The molecule has 3 rings (SSSR count). The molecule has 0 fully saturated rings. The third-order valence-electron chi connectivity index (χ3n) is 3.68. The maximum absolute atomic E-state index is 11.2. The number of esters is 1. The molecule has 1 N–H and O–H groups in total. The number of methoxy groups -OCH3 is 1. The predicted octanol–water partition coefficient (Wildman–Crippen LogP) is 3.21. The van der Waals surface area contributed by atoms with E-state index in [9.17, 15) is 10.1 Å². The van der Waals surface area contributed by atoms with Crippen molar-refractivity contribution in [3.8, 4) is 17.2 Å². The first-order valence-electron chi connectivity index (χ1n) is 7.26. The van der Waals surface area contributed by atoms with Gasteiger partial charge in [0.1, 0.15) is 5.82 Å². The van der Waals surface area contributed by atoms with Gasteiger partial charge in [-0.3, -0.25) is 4.79 Å². The molecule has 1 aromatic heterocycles. The van der Waals surface area contributed by atoms with E-state index in [2.05, 4.69) is 20.8 Å². The van der Waals surface area contributed by atoms with Crippen molar-refractivity contribution in [1.29, 1.82) is 5.26 Å². The quantitative estimate of drug-likeness (QED) is 0.751. The van der Waals surface area contributed by atoms with E-state index in [1.54, 1.807) is 6.07 Å². The highest BCUT2D eigenvalue weighted by Gasteiger charge is 2.09. The van der Waals surface area contributed by atoms with Gasteiger partial charge in [0.2, 0.25) is 0 Å². The summed E-state index contributed by atoms with van der Waals surface area (Å²) in [5.41, 5.74) is 4.20. The lowest BCUT2D eigenvalue weighted by Crippen LogP contribution is -2.02. The van der Waals surface area contributed by atoms with Gasteiger partial charge in [0.25, 0.3) is 0 Å². The molecule has 0 amide bonds. The predicted molar refractivity (Wildman–Crippen MR) is 86.6 cm³/mol. The van der Waals surface area contributed by atoms with Crippen LogP contribution in [0.5, 0.6) is 0 Å². The molecule has 5 heteroatoms. The molecule has 0 radical (unpaired) electrons. The summed E-state index contributed by atoms with van der Waals surface area (Å²) in [5, 5.41) is 9.23. The topological polar surface area (TPSA) is 78.8 Å². The summed E-state index contributed by atoms with van der Waals surface area (Å²) in [7, 11) is 1.37. The van der Waals surface area contributed by atoms with Gasteiger partial charge in [-0.15, -0.1) is 0 Å². The minimum absolute atomic E-state index is 0.255. The Kier molecular flexibility index (Phi) is 4.07. The third-order valence-corrected chi connectivity index (χ3v) is 3.68. The molecule has 114 valence electrons. The molecular weight excluding hydrogens is 290 g/mol. The van der Waals surface area contributed by atoms with Crippen molar-refractivity contribution in [2.24, 2.45) is 0 Å². The Morgan fingerprint density at radius 2 is 2.13 bits per heavy atom. The number of nitrogens with one attached hydrogen (secondary N) is 1. The minimum atomic E-state index is -0.255. The van der Waals surface area contributed by atoms with Gasteiger partial charge >= 0.3 is 5.97 Å². The van der Waals surface area contributed by atoms with Gasteiger partial charge in [0.05, 0.1) is 36.2 Å². The van der Waals surface area contributed by atoms with E-state index in [1.807, 2.05) is 36.4 Å². The molecule has 0 aliphatic rings. The maximum atomic E-state index is 11.2. The van der Waals surface area contributed by atoms with E-state index in [-0.39, 0.29) is 5.97 Å². The third kappa shape index (κ3) is 3.06. The zero-order chi connectivity index (χ0) is 16.2. The standard InChI is InChI=1S/C18H15N3O2/c1-23-18(22)9-8-17-20-15-7-6-12(10-16(15)21-17)14-5-3-2-4-13(14)11-19/h2-7,10H,8-9H2,1H3,(H,20,21). The van der Waals surface area contributed by atoms with Crippen LogP contribution in [0.15, 0.2) is 42.5 Å². The van der Waals surface area contributed by atoms with Crippen LogP contribution in [-0.2, 0) is 16.0 Å². The molecule has 1 heterocycles. The van der Waals surface area contributed by atoms with Crippen LogP contribution in [0, 0.1) is 11.3 Å². The molecule has 0 aliphatic carbocycles. The Bertz CT molecular complexity index is 906. The SMILES string of the molecule is COC(=O)CCc1nc2ccc(-c3ccccc3C#N)cc2[nH]1. The summed E-state index contributed by atoms with van der Waals surface area (Å²) in [5.74, 6) is 0.491. The number of rotatable bonds is 4. The molecule has 0 saturated carbocycles. The van der Waals surface area contributed by atoms with E-state index in [1.165, 1.54) is 7.11 Å². The van der Waals surface area contributed by atoms with E-state index in [0.717, 1.165) is 28.0 Å². The fraction of sp³-hybridized carbons (Fsp3) is 0.167. The second-order valence-corrected chi connectivity index (χ2v) is 5.15. The Morgan fingerprint density at radius 1 is 1.30 bits per heavy atom. The average molecular weight is 305 g/mol. The van der Waals surface area contributed by atoms with Crippen LogP contribution in [0.3, 0.4) is 0 Å². The van der Waals surface area contributed by atoms with Gasteiger partial charge in [-0.2, -0.15) is 5.26 Å². The lowest BCUT2D eigenvalue weighted by molar-refractivity contribution is -0.140. The van der Waals surface area contributed by atoms with Gasteiger partial charge < -0.3 is 9.72 Å². The minimum Gasteiger partial charge on any atom is -0.469 e. The van der Waals surface area contributed by atoms with E-state index >= 15 is 0 Å². The van der Waals surface area contributed by atoms with Crippen molar-refractivity contribution >= 4 is 17.0 Å². The average Bonchev–Trinajstić information content (AvgIpc) is 3.01. The van der Waals surface area contributed by atoms with Crippen LogP contribution in [0.25, 0.3) is 22.2 Å². The number of imidazole rings is 1. The number of carbonyl (C=O) groups excluding carboxylic acids is 1. The van der Waals surface area contributed by atoms with Crippen molar-refractivity contribution in [2.75, 3.05) is 7.11 Å². The number of fused-ring (bicyclic) bond motifs is 1. The molecule has 0 unspecified atom stereocenters. The number of aromatic nitrogens is 2. The van der Waals surface area contributed by atoms with Crippen LogP contribution < -0.4 is 0 Å². The number of nitrogens with zero attached hydrogens (tertiary/aromatic N) is 2. The van der Waals surface area contributed by atoms with E-state index in [0.29, 0.717) is 18.4 Å². The number of hydrogen-bond acceptors (Lipinski definition) is 4. The number of nitriles is 1. The summed E-state index contributed by atoms with van der Waals surface area (Å²) in [6.07, 6.45) is 0.798. The van der Waals surface area contributed by atoms with Crippen molar-refractivity contribution in [1.82, 2.24) is 9.97 Å². The van der Waals surface area contributed by atoms with Crippen LogP contribution in [-0.4, -0.2) is 23.0 Å². The molecule has 5 nitrogen and oxygen atoms in total. The molecule has 0 spiro atoms. The monoisotopic (exact) mass is 305 g/mol. The zero-order valence-electron chi connectivity index (χ0n) is 12.7. The second-order valence-electron chi connectivity index (χ2n) is 5.15. The van der Waals surface area contributed by atoms with Gasteiger partial charge in [-0.1, -0.05) is 24.3 Å². The molecule has 0 bridgehead atoms. The molecular formula is C18H15N3O2. The summed E-state index contributed by atoms with van der Waals surface area (Å²) in [6, 6.07) is 15.5. The van der Waals surface area contributed by atoms with Gasteiger partial charge in [-0.25, -0.2) is 4.98 Å². The van der Waals surface area contributed by atoms with Crippen LogP contribution in [0.1, 0.15) is 17.8 Å². The Labute approximate surface area is 133 Å². The molecule has 3 aromatic rings. The Balaban J connectivity index is 1.93. The maximum Gasteiger partial charge on any atom is 0.305 e. The van der Waals surface area contributed by atoms with Crippen molar-refractivity contribution in [2.45, 2.75) is 12.8 Å².